The molecule has 1 heterocycles. The lowest BCUT2D eigenvalue weighted by Gasteiger charge is -2.22. The second kappa shape index (κ2) is 4.20. The highest BCUT2D eigenvalue weighted by Gasteiger charge is 2.20. The van der Waals surface area contributed by atoms with E-state index in [1.54, 1.807) is 0 Å². The monoisotopic (exact) mass is 217 g/mol. The van der Waals surface area contributed by atoms with Crippen LogP contribution in [0.15, 0.2) is 6.07 Å². The van der Waals surface area contributed by atoms with Gasteiger partial charge >= 0.3 is 0 Å². The Kier molecular flexibility index (Phi) is 3.05. The summed E-state index contributed by atoms with van der Waals surface area (Å²) in [5.41, 5.74) is 5.70. The molecule has 1 nitrogen and oxygen atoms in total. The van der Waals surface area contributed by atoms with Crippen molar-refractivity contribution < 1.29 is 0 Å². The lowest BCUT2D eigenvalue weighted by Crippen LogP contribution is -2.17. The summed E-state index contributed by atoms with van der Waals surface area (Å²) in [6.45, 7) is 8.97. The van der Waals surface area contributed by atoms with Gasteiger partial charge in [-0.25, -0.2) is 0 Å². The largest absolute Gasteiger partial charge is 0.257 e. The maximum Gasteiger partial charge on any atom is 0.0489 e. The van der Waals surface area contributed by atoms with Crippen molar-refractivity contribution in [3.8, 4) is 0 Å². The van der Waals surface area contributed by atoms with E-state index in [2.05, 4.69) is 33.8 Å². The van der Waals surface area contributed by atoms with E-state index >= 15 is 0 Å². The summed E-state index contributed by atoms with van der Waals surface area (Å²) in [6.07, 6.45) is 6.42. The molecule has 0 N–H and O–H groups in total. The molecule has 88 valence electrons. The van der Waals surface area contributed by atoms with E-state index in [-0.39, 0.29) is 5.41 Å². The second-order valence-corrected chi connectivity index (χ2v) is 6.07. The van der Waals surface area contributed by atoms with E-state index in [4.69, 9.17) is 4.98 Å². The summed E-state index contributed by atoms with van der Waals surface area (Å²) >= 11 is 0. The van der Waals surface area contributed by atoms with Crippen LogP contribution in [-0.2, 0) is 18.3 Å². The standard InChI is InChI=1S/C15H23N/c1-11-10-12-8-6-5-7-9-13(12)16-14(11)15(2,3)4/h10H,5-9H2,1-4H3. The molecule has 0 radical (unpaired) electrons. The van der Waals surface area contributed by atoms with Crippen molar-refractivity contribution in [1.29, 1.82) is 0 Å². The highest BCUT2D eigenvalue weighted by Crippen LogP contribution is 2.28. The Hall–Kier alpha value is -0.850. The molecule has 0 aliphatic heterocycles. The van der Waals surface area contributed by atoms with Crippen LogP contribution in [-0.4, -0.2) is 4.98 Å². The Morgan fingerprint density at radius 2 is 1.75 bits per heavy atom. The first-order valence-corrected chi connectivity index (χ1v) is 6.48. The Bertz CT molecular complexity index is 385. The van der Waals surface area contributed by atoms with Crippen molar-refractivity contribution in [2.24, 2.45) is 0 Å². The van der Waals surface area contributed by atoms with Gasteiger partial charge in [0.15, 0.2) is 0 Å². The summed E-state index contributed by atoms with van der Waals surface area (Å²) in [7, 11) is 0. The smallest absolute Gasteiger partial charge is 0.0489 e. The zero-order valence-electron chi connectivity index (χ0n) is 11.1. The summed E-state index contributed by atoms with van der Waals surface area (Å²) < 4.78 is 0. The van der Waals surface area contributed by atoms with E-state index < -0.39 is 0 Å². The van der Waals surface area contributed by atoms with Gasteiger partial charge in [0.2, 0.25) is 0 Å². The first-order chi connectivity index (χ1) is 7.48. The van der Waals surface area contributed by atoms with Crippen molar-refractivity contribution >= 4 is 0 Å². The Morgan fingerprint density at radius 1 is 1.06 bits per heavy atom. The number of pyridine rings is 1. The van der Waals surface area contributed by atoms with E-state index in [0.29, 0.717) is 0 Å². The van der Waals surface area contributed by atoms with Gasteiger partial charge in [0.25, 0.3) is 0 Å². The van der Waals surface area contributed by atoms with E-state index in [1.807, 2.05) is 0 Å². The molecule has 0 saturated heterocycles. The normalized spacial score (nSPS) is 16.8. The maximum absolute atomic E-state index is 4.94. The Labute approximate surface area is 99.3 Å². The zero-order valence-corrected chi connectivity index (χ0v) is 11.1. The average Bonchev–Trinajstić information content (AvgIpc) is 2.39. The molecule has 0 bridgehead atoms. The van der Waals surface area contributed by atoms with Crippen LogP contribution < -0.4 is 0 Å². The molecule has 16 heavy (non-hydrogen) atoms. The number of hydrogen-bond donors (Lipinski definition) is 0. The predicted molar refractivity (Wildman–Crippen MR) is 68.9 cm³/mol. The summed E-state index contributed by atoms with van der Waals surface area (Å²) in [6, 6.07) is 2.38. The van der Waals surface area contributed by atoms with Crippen LogP contribution in [0.2, 0.25) is 0 Å². The lowest BCUT2D eigenvalue weighted by atomic mass is 9.87. The summed E-state index contributed by atoms with van der Waals surface area (Å²) in [4.78, 5) is 4.94. The molecular weight excluding hydrogens is 194 g/mol. The predicted octanol–water partition coefficient (Wildman–Crippen LogP) is 3.96. The van der Waals surface area contributed by atoms with Crippen LogP contribution in [0, 0.1) is 6.92 Å². The minimum absolute atomic E-state index is 0.172. The number of aryl methyl sites for hydroxylation is 3. The molecule has 0 amide bonds. The fourth-order valence-electron chi connectivity index (χ4n) is 2.68. The molecule has 0 fully saturated rings. The van der Waals surface area contributed by atoms with Gasteiger partial charge in [0.05, 0.1) is 0 Å². The van der Waals surface area contributed by atoms with Crippen LogP contribution in [0.3, 0.4) is 0 Å². The van der Waals surface area contributed by atoms with Crippen molar-refractivity contribution in [3.63, 3.8) is 0 Å². The second-order valence-electron chi connectivity index (χ2n) is 6.07. The number of fused-ring (bicyclic) bond motifs is 1. The highest BCUT2D eigenvalue weighted by molar-refractivity contribution is 5.34. The summed E-state index contributed by atoms with van der Waals surface area (Å²) in [5, 5.41) is 0. The van der Waals surface area contributed by atoms with Crippen molar-refractivity contribution in [2.45, 2.75) is 65.2 Å². The third-order valence-corrected chi connectivity index (χ3v) is 3.45. The van der Waals surface area contributed by atoms with E-state index in [0.717, 1.165) is 0 Å². The van der Waals surface area contributed by atoms with Crippen LogP contribution >= 0.6 is 0 Å². The fraction of sp³-hybridized carbons (Fsp3) is 0.667. The van der Waals surface area contributed by atoms with Crippen LogP contribution in [0.25, 0.3) is 0 Å². The molecule has 1 heteroatoms. The van der Waals surface area contributed by atoms with Crippen molar-refractivity contribution in [2.75, 3.05) is 0 Å². The minimum atomic E-state index is 0.172. The Morgan fingerprint density at radius 3 is 2.44 bits per heavy atom. The SMILES string of the molecule is Cc1cc2c(nc1C(C)(C)C)CCCCC2. The van der Waals surface area contributed by atoms with Gasteiger partial charge in [0.1, 0.15) is 0 Å². The maximum atomic E-state index is 4.94. The topological polar surface area (TPSA) is 12.9 Å². The minimum Gasteiger partial charge on any atom is -0.257 e. The van der Waals surface area contributed by atoms with Crippen LogP contribution in [0.4, 0.5) is 0 Å². The molecule has 1 aliphatic rings. The molecule has 1 aromatic rings. The molecule has 0 aromatic carbocycles. The first-order valence-electron chi connectivity index (χ1n) is 6.48. The zero-order chi connectivity index (χ0) is 11.8. The van der Waals surface area contributed by atoms with Crippen LogP contribution in [0.5, 0.6) is 0 Å². The molecule has 2 rings (SSSR count). The van der Waals surface area contributed by atoms with Crippen molar-refractivity contribution in [1.82, 2.24) is 4.98 Å². The van der Waals surface area contributed by atoms with Crippen LogP contribution in [0.1, 0.15) is 62.5 Å². The average molecular weight is 217 g/mol. The third-order valence-electron chi connectivity index (χ3n) is 3.45. The van der Waals surface area contributed by atoms with Gasteiger partial charge in [-0.1, -0.05) is 33.3 Å². The number of aromatic nitrogens is 1. The summed E-state index contributed by atoms with van der Waals surface area (Å²) in [5.74, 6) is 0. The van der Waals surface area contributed by atoms with Gasteiger partial charge in [-0.2, -0.15) is 0 Å². The molecule has 0 saturated carbocycles. The molecule has 1 aliphatic carbocycles. The molecule has 0 atom stereocenters. The van der Waals surface area contributed by atoms with Gasteiger partial charge in [-0.05, 0) is 43.7 Å². The van der Waals surface area contributed by atoms with E-state index in [1.165, 1.54) is 54.6 Å². The molecule has 1 aromatic heterocycles. The van der Waals surface area contributed by atoms with E-state index in [9.17, 15) is 0 Å². The Balaban J connectivity index is 2.47. The quantitative estimate of drug-likeness (QED) is 0.599. The van der Waals surface area contributed by atoms with Gasteiger partial charge in [-0.3, -0.25) is 4.98 Å². The third kappa shape index (κ3) is 2.28. The number of nitrogens with zero attached hydrogens (tertiary/aromatic N) is 1. The van der Waals surface area contributed by atoms with Gasteiger partial charge in [0, 0.05) is 16.8 Å². The molecular formula is C15H23N. The fourth-order valence-corrected chi connectivity index (χ4v) is 2.68. The van der Waals surface area contributed by atoms with Gasteiger partial charge < -0.3 is 0 Å². The van der Waals surface area contributed by atoms with Crippen molar-refractivity contribution in [3.05, 3.63) is 28.6 Å². The lowest BCUT2D eigenvalue weighted by molar-refractivity contribution is 0.559. The molecule has 0 unspecified atom stereocenters. The number of hydrogen-bond acceptors (Lipinski definition) is 1. The highest BCUT2D eigenvalue weighted by atomic mass is 14.7. The van der Waals surface area contributed by atoms with Gasteiger partial charge in [-0.15, -0.1) is 0 Å². The number of rotatable bonds is 0. The first kappa shape index (κ1) is 11.6. The molecule has 0 spiro atoms.